The third-order valence-corrected chi connectivity index (χ3v) is 4.33. The maximum absolute atomic E-state index is 14.1. The highest BCUT2D eigenvalue weighted by atomic mass is 19.4. The number of rotatable bonds is 9. The highest BCUT2D eigenvalue weighted by Gasteiger charge is 2.37. The van der Waals surface area contributed by atoms with E-state index in [-0.39, 0.29) is 37.2 Å². The zero-order chi connectivity index (χ0) is 24.4. The molecular formula is C23H23F4N3O3. The first kappa shape index (κ1) is 25.6. The van der Waals surface area contributed by atoms with Crippen LogP contribution in [0.1, 0.15) is 34.8 Å². The van der Waals surface area contributed by atoms with Crippen molar-refractivity contribution in [1.82, 2.24) is 5.32 Å². The maximum atomic E-state index is 14.1. The number of nitrogens with zero attached hydrogens (tertiary/aromatic N) is 1. The van der Waals surface area contributed by atoms with Gasteiger partial charge in [-0.2, -0.15) is 13.2 Å². The van der Waals surface area contributed by atoms with Crippen molar-refractivity contribution in [1.29, 1.82) is 0 Å². The van der Waals surface area contributed by atoms with E-state index in [4.69, 9.17) is 10.5 Å². The fraction of sp³-hybridized carbons (Fsp3) is 0.261. The number of esters is 1. The van der Waals surface area contributed by atoms with Crippen molar-refractivity contribution in [3.63, 3.8) is 0 Å². The van der Waals surface area contributed by atoms with Crippen molar-refractivity contribution in [2.45, 2.75) is 26.1 Å². The van der Waals surface area contributed by atoms with Gasteiger partial charge in [0.2, 0.25) is 0 Å². The molecule has 0 unspecified atom stereocenters. The molecule has 0 saturated carbocycles. The number of nitrogens with two attached hydrogens (primary N) is 1. The Bertz CT molecular complexity index is 1030. The average molecular weight is 465 g/mol. The van der Waals surface area contributed by atoms with Gasteiger partial charge >= 0.3 is 12.1 Å². The molecule has 2 aromatic carbocycles. The second kappa shape index (κ2) is 11.8. The molecule has 0 spiro atoms. The summed E-state index contributed by atoms with van der Waals surface area (Å²) in [5.74, 6) is -2.26. The number of nitrogens with one attached hydrogen (secondary N) is 1. The molecule has 0 aliphatic heterocycles. The van der Waals surface area contributed by atoms with Gasteiger partial charge < -0.3 is 15.8 Å². The van der Waals surface area contributed by atoms with Crippen LogP contribution in [-0.4, -0.2) is 36.9 Å². The second-order valence-corrected chi connectivity index (χ2v) is 6.78. The molecule has 6 nitrogen and oxygen atoms in total. The Morgan fingerprint density at radius 2 is 1.79 bits per heavy atom. The Kier molecular flexibility index (Phi) is 9.14. The highest BCUT2D eigenvalue weighted by molar-refractivity contribution is 6.14. The van der Waals surface area contributed by atoms with Gasteiger partial charge in [0.05, 0.1) is 17.7 Å². The van der Waals surface area contributed by atoms with E-state index in [2.05, 4.69) is 10.3 Å². The molecule has 0 saturated heterocycles. The number of carbonyl (C=O) groups is 2. The average Bonchev–Trinajstić information content (AvgIpc) is 2.77. The van der Waals surface area contributed by atoms with Gasteiger partial charge in [0, 0.05) is 30.4 Å². The Hall–Kier alpha value is -3.69. The Labute approximate surface area is 188 Å². The van der Waals surface area contributed by atoms with Crippen LogP contribution in [0.5, 0.6) is 0 Å². The van der Waals surface area contributed by atoms with Crippen molar-refractivity contribution < 1.29 is 31.9 Å². The van der Waals surface area contributed by atoms with Crippen LogP contribution < -0.4 is 11.1 Å². The van der Waals surface area contributed by atoms with E-state index in [0.29, 0.717) is 6.20 Å². The maximum Gasteiger partial charge on any atom is 0.419 e. The smallest absolute Gasteiger partial charge is 0.419 e. The Morgan fingerprint density at radius 1 is 1.12 bits per heavy atom. The Morgan fingerprint density at radius 3 is 2.39 bits per heavy atom. The minimum absolute atomic E-state index is 0.0219. The highest BCUT2D eigenvalue weighted by Crippen LogP contribution is 2.29. The fourth-order valence-corrected chi connectivity index (χ4v) is 2.85. The number of halogens is 4. The molecule has 0 aliphatic carbocycles. The van der Waals surface area contributed by atoms with Gasteiger partial charge in [0.1, 0.15) is 12.4 Å². The molecule has 1 amide bonds. The van der Waals surface area contributed by atoms with Gasteiger partial charge in [-0.3, -0.25) is 14.6 Å². The van der Waals surface area contributed by atoms with Gasteiger partial charge in [-0.15, -0.1) is 0 Å². The summed E-state index contributed by atoms with van der Waals surface area (Å²) in [5.41, 5.74) is 3.63. The number of carbonyl (C=O) groups excluding carboxylic acids is 2. The summed E-state index contributed by atoms with van der Waals surface area (Å²) in [7, 11) is 0. The van der Waals surface area contributed by atoms with Gasteiger partial charge in [-0.1, -0.05) is 30.3 Å². The van der Waals surface area contributed by atoms with Gasteiger partial charge in [0.15, 0.2) is 0 Å². The molecule has 0 heterocycles. The fourth-order valence-electron chi connectivity index (χ4n) is 2.85. The van der Waals surface area contributed by atoms with Crippen LogP contribution in [0.2, 0.25) is 0 Å². The van der Waals surface area contributed by atoms with Crippen LogP contribution in [0.25, 0.3) is 0 Å². The topological polar surface area (TPSA) is 93.8 Å². The molecular weight excluding hydrogens is 442 g/mol. The lowest BCUT2D eigenvalue weighted by Gasteiger charge is -2.15. The summed E-state index contributed by atoms with van der Waals surface area (Å²) in [6.45, 7) is 1.46. The van der Waals surface area contributed by atoms with E-state index in [1.54, 1.807) is 24.3 Å². The van der Waals surface area contributed by atoms with Crippen molar-refractivity contribution in [3.8, 4) is 0 Å². The van der Waals surface area contributed by atoms with Crippen molar-refractivity contribution >= 4 is 17.6 Å². The van der Waals surface area contributed by atoms with Gasteiger partial charge in [0.25, 0.3) is 5.91 Å². The van der Waals surface area contributed by atoms with E-state index in [0.717, 1.165) is 23.8 Å². The summed E-state index contributed by atoms with van der Waals surface area (Å²) >= 11 is 0. The van der Waals surface area contributed by atoms with Crippen LogP contribution in [0.3, 0.4) is 0 Å². The van der Waals surface area contributed by atoms with Crippen LogP contribution in [0, 0.1) is 5.82 Å². The standard InChI is InChI=1S/C23H23F4N3O3/c1-2-29-21(19(13-28)23(25,26)27)16-10-17(12-18(24)11-16)22(32)30-9-8-20(31)33-14-15-6-4-3-5-7-15/h3-7,10-13H,2,8-9,14,28H2,1H3,(H,30,32). The third-order valence-electron chi connectivity index (χ3n) is 4.33. The minimum atomic E-state index is -4.82. The van der Waals surface area contributed by atoms with E-state index in [1.807, 2.05) is 6.07 Å². The van der Waals surface area contributed by atoms with Crippen LogP contribution in [-0.2, 0) is 16.1 Å². The molecule has 3 N–H and O–H groups in total. The van der Waals surface area contributed by atoms with E-state index in [9.17, 15) is 27.2 Å². The quantitative estimate of drug-likeness (QED) is 0.334. The number of ether oxygens (including phenoxy) is 1. The van der Waals surface area contributed by atoms with Crippen LogP contribution in [0.15, 0.2) is 65.3 Å². The van der Waals surface area contributed by atoms with Gasteiger partial charge in [-0.25, -0.2) is 4.39 Å². The summed E-state index contributed by atoms with van der Waals surface area (Å²) in [6.07, 6.45) is -4.62. The molecule has 0 aromatic heterocycles. The van der Waals surface area contributed by atoms with Crippen molar-refractivity contribution in [2.24, 2.45) is 10.7 Å². The number of aliphatic imine (C=N–C) groups is 1. The summed E-state index contributed by atoms with van der Waals surface area (Å²) in [4.78, 5) is 28.0. The molecule has 0 bridgehead atoms. The predicted octanol–water partition coefficient (Wildman–Crippen LogP) is 3.90. The third kappa shape index (κ3) is 7.74. The molecule has 2 rings (SSSR count). The molecule has 0 fully saturated rings. The van der Waals surface area contributed by atoms with Gasteiger partial charge in [-0.05, 0) is 30.7 Å². The lowest BCUT2D eigenvalue weighted by Crippen LogP contribution is -2.27. The minimum Gasteiger partial charge on any atom is -0.461 e. The Balaban J connectivity index is 2.06. The van der Waals surface area contributed by atoms with Crippen molar-refractivity contribution in [2.75, 3.05) is 13.1 Å². The number of alkyl halides is 3. The number of hydrogen-bond donors (Lipinski definition) is 2. The number of benzene rings is 2. The van der Waals surface area contributed by atoms with E-state index < -0.39 is 35.2 Å². The molecule has 0 atom stereocenters. The largest absolute Gasteiger partial charge is 0.461 e. The lowest BCUT2D eigenvalue weighted by molar-refractivity contribution is -0.144. The zero-order valence-electron chi connectivity index (χ0n) is 17.8. The summed E-state index contributed by atoms with van der Waals surface area (Å²) in [6, 6.07) is 11.8. The molecule has 33 heavy (non-hydrogen) atoms. The first-order valence-electron chi connectivity index (χ1n) is 9.98. The number of amides is 1. The molecule has 0 aliphatic rings. The van der Waals surface area contributed by atoms with Crippen molar-refractivity contribution in [3.05, 3.63) is 82.8 Å². The monoisotopic (exact) mass is 465 g/mol. The molecule has 0 radical (unpaired) electrons. The summed E-state index contributed by atoms with van der Waals surface area (Å²) in [5, 5.41) is 2.42. The zero-order valence-corrected chi connectivity index (χ0v) is 17.8. The second-order valence-electron chi connectivity index (χ2n) is 6.78. The predicted molar refractivity (Wildman–Crippen MR) is 115 cm³/mol. The normalized spacial score (nSPS) is 12.4. The lowest BCUT2D eigenvalue weighted by atomic mass is 9.99. The first-order chi connectivity index (χ1) is 15.7. The number of hydrogen-bond acceptors (Lipinski definition) is 5. The van der Waals surface area contributed by atoms with E-state index in [1.165, 1.54) is 6.92 Å². The van der Waals surface area contributed by atoms with Crippen LogP contribution >= 0.6 is 0 Å². The molecule has 2 aromatic rings. The first-order valence-corrected chi connectivity index (χ1v) is 9.98. The summed E-state index contributed by atoms with van der Waals surface area (Å²) < 4.78 is 59.1. The number of allylic oxidation sites excluding steroid dienone is 1. The molecule has 176 valence electrons. The van der Waals surface area contributed by atoms with Crippen LogP contribution in [0.4, 0.5) is 17.6 Å². The molecule has 10 heteroatoms. The SMILES string of the molecule is CCN=C(C(=CN)C(F)(F)F)c1cc(F)cc(C(=O)NCCC(=O)OCc2ccccc2)c1. The van der Waals surface area contributed by atoms with E-state index >= 15 is 0 Å².